The molecule has 0 spiro atoms. The van der Waals surface area contributed by atoms with Gasteiger partial charge in [-0.2, -0.15) is 0 Å². The summed E-state index contributed by atoms with van der Waals surface area (Å²) in [6.45, 7) is 3.85. The maximum absolute atomic E-state index is 10.2. The van der Waals surface area contributed by atoms with Gasteiger partial charge in [0.05, 0.1) is 11.2 Å². The quantitative estimate of drug-likeness (QED) is 0.748. The molecule has 0 saturated heterocycles. The number of phenolic OH excluding ortho intramolecular Hbond substituents is 2. The van der Waals surface area contributed by atoms with E-state index in [1.54, 1.807) is 12.1 Å². The molecule has 1 aromatic heterocycles. The number of hydrogen-bond donors (Lipinski definition) is 2. The summed E-state index contributed by atoms with van der Waals surface area (Å²) in [6, 6.07) is 10.9. The Morgan fingerprint density at radius 1 is 0.952 bits per heavy atom. The number of rotatable bonds is 2. The fourth-order valence-electron chi connectivity index (χ4n) is 2.59. The van der Waals surface area contributed by atoms with Crippen molar-refractivity contribution >= 4 is 10.9 Å². The van der Waals surface area contributed by atoms with E-state index >= 15 is 0 Å². The van der Waals surface area contributed by atoms with Gasteiger partial charge >= 0.3 is 0 Å². The second kappa shape index (κ2) is 5.05. The second-order valence-corrected chi connectivity index (χ2v) is 5.32. The zero-order valence-corrected chi connectivity index (χ0v) is 11.9. The molecule has 0 aliphatic heterocycles. The van der Waals surface area contributed by atoms with E-state index in [-0.39, 0.29) is 17.4 Å². The van der Waals surface area contributed by atoms with Gasteiger partial charge in [0.2, 0.25) is 0 Å². The van der Waals surface area contributed by atoms with Crippen molar-refractivity contribution in [2.45, 2.75) is 19.8 Å². The molecule has 3 rings (SSSR count). The highest BCUT2D eigenvalue weighted by Crippen LogP contribution is 2.38. The Hall–Kier alpha value is -2.62. The van der Waals surface area contributed by atoms with Crippen LogP contribution in [0.5, 0.6) is 11.5 Å². The molecule has 0 bridgehead atoms. The summed E-state index contributed by atoms with van der Waals surface area (Å²) in [7, 11) is 0. The van der Waals surface area contributed by atoms with E-state index in [1.165, 1.54) is 6.33 Å². The molecule has 0 aliphatic rings. The van der Waals surface area contributed by atoms with Crippen LogP contribution in [0.2, 0.25) is 0 Å². The minimum Gasteiger partial charge on any atom is -0.507 e. The van der Waals surface area contributed by atoms with E-state index in [2.05, 4.69) is 9.97 Å². The number of phenols is 2. The van der Waals surface area contributed by atoms with E-state index in [0.717, 1.165) is 10.9 Å². The van der Waals surface area contributed by atoms with Crippen molar-refractivity contribution in [3.63, 3.8) is 0 Å². The number of hydrogen-bond acceptors (Lipinski definition) is 4. The zero-order valence-electron chi connectivity index (χ0n) is 11.9. The molecule has 4 nitrogen and oxygen atoms in total. The molecule has 0 aliphatic carbocycles. The Balaban J connectivity index is 2.24. The molecule has 2 aromatic carbocycles. The van der Waals surface area contributed by atoms with Crippen molar-refractivity contribution in [3.8, 4) is 22.8 Å². The first-order valence-electron chi connectivity index (χ1n) is 6.84. The average Bonchev–Trinajstić information content (AvgIpc) is 2.45. The lowest BCUT2D eigenvalue weighted by Crippen LogP contribution is -1.93. The number of benzene rings is 2. The number of aromatic nitrogens is 2. The van der Waals surface area contributed by atoms with Gasteiger partial charge in [-0.3, -0.25) is 0 Å². The van der Waals surface area contributed by atoms with Gasteiger partial charge in [-0.1, -0.05) is 32.0 Å². The van der Waals surface area contributed by atoms with Crippen LogP contribution in [0.25, 0.3) is 22.2 Å². The fraction of sp³-hybridized carbons (Fsp3) is 0.176. The molecule has 3 aromatic rings. The molecule has 0 saturated carbocycles. The third-order valence-corrected chi connectivity index (χ3v) is 3.53. The standard InChI is InChI=1S/C17H16N2O2/c1-10(2)16-14(20)7-11(8-15(16)21)17-12-5-3-4-6-13(12)18-9-19-17/h3-10,20-21H,1-2H3. The first kappa shape index (κ1) is 13.4. The Morgan fingerprint density at radius 3 is 2.29 bits per heavy atom. The van der Waals surface area contributed by atoms with Crippen LogP contribution in [0.15, 0.2) is 42.7 Å². The molecule has 2 N–H and O–H groups in total. The maximum Gasteiger partial charge on any atom is 0.123 e. The van der Waals surface area contributed by atoms with Crippen molar-refractivity contribution in [1.82, 2.24) is 9.97 Å². The molecule has 1 heterocycles. The highest BCUT2D eigenvalue weighted by molar-refractivity contribution is 5.92. The first-order chi connectivity index (χ1) is 10.1. The predicted molar refractivity (Wildman–Crippen MR) is 82.4 cm³/mol. The van der Waals surface area contributed by atoms with Gasteiger partial charge in [0.1, 0.15) is 17.8 Å². The van der Waals surface area contributed by atoms with Crippen LogP contribution in [0, 0.1) is 0 Å². The van der Waals surface area contributed by atoms with Crippen LogP contribution in [0.1, 0.15) is 25.3 Å². The van der Waals surface area contributed by atoms with E-state index in [4.69, 9.17) is 0 Å². The lowest BCUT2D eigenvalue weighted by molar-refractivity contribution is 0.434. The normalized spacial score (nSPS) is 11.2. The molecule has 0 unspecified atom stereocenters. The van der Waals surface area contributed by atoms with Crippen molar-refractivity contribution in [2.75, 3.05) is 0 Å². The van der Waals surface area contributed by atoms with Gasteiger partial charge in [-0.25, -0.2) is 9.97 Å². The molecule has 4 heteroatoms. The zero-order chi connectivity index (χ0) is 15.0. The Bertz CT molecular complexity index is 784. The van der Waals surface area contributed by atoms with E-state index in [1.807, 2.05) is 38.1 Å². The summed E-state index contributed by atoms with van der Waals surface area (Å²) in [5.41, 5.74) is 2.75. The van der Waals surface area contributed by atoms with Crippen molar-refractivity contribution in [3.05, 3.63) is 48.3 Å². The molecule has 0 radical (unpaired) electrons. The summed E-state index contributed by atoms with van der Waals surface area (Å²) >= 11 is 0. The topological polar surface area (TPSA) is 66.2 Å². The SMILES string of the molecule is CC(C)c1c(O)cc(-c2ncnc3ccccc23)cc1O. The summed E-state index contributed by atoms with van der Waals surface area (Å²) in [6.07, 6.45) is 1.49. The monoisotopic (exact) mass is 280 g/mol. The van der Waals surface area contributed by atoms with Crippen molar-refractivity contribution < 1.29 is 10.2 Å². The van der Waals surface area contributed by atoms with Gasteiger partial charge in [0, 0.05) is 16.5 Å². The van der Waals surface area contributed by atoms with E-state index < -0.39 is 0 Å². The van der Waals surface area contributed by atoms with Gasteiger partial charge < -0.3 is 10.2 Å². The Morgan fingerprint density at radius 2 is 1.62 bits per heavy atom. The maximum atomic E-state index is 10.2. The smallest absolute Gasteiger partial charge is 0.123 e. The number of nitrogens with zero attached hydrogens (tertiary/aromatic N) is 2. The van der Waals surface area contributed by atoms with Crippen LogP contribution in [0.3, 0.4) is 0 Å². The largest absolute Gasteiger partial charge is 0.507 e. The van der Waals surface area contributed by atoms with Gasteiger partial charge in [0.15, 0.2) is 0 Å². The van der Waals surface area contributed by atoms with Crippen LogP contribution >= 0.6 is 0 Å². The minimum atomic E-state index is 0.0428. The molecular formula is C17H16N2O2. The molecule has 0 fully saturated rings. The first-order valence-corrected chi connectivity index (χ1v) is 6.84. The summed E-state index contributed by atoms with van der Waals surface area (Å²) in [5, 5.41) is 21.2. The highest BCUT2D eigenvalue weighted by Gasteiger charge is 2.15. The lowest BCUT2D eigenvalue weighted by atomic mass is 9.97. The molecule has 0 amide bonds. The number of fused-ring (bicyclic) bond motifs is 1. The third kappa shape index (κ3) is 2.29. The molecule has 0 atom stereocenters. The van der Waals surface area contributed by atoms with Gasteiger partial charge in [-0.15, -0.1) is 0 Å². The minimum absolute atomic E-state index is 0.0428. The second-order valence-electron chi connectivity index (χ2n) is 5.32. The molecular weight excluding hydrogens is 264 g/mol. The fourth-order valence-corrected chi connectivity index (χ4v) is 2.59. The summed E-state index contributed by atoms with van der Waals surface area (Å²) < 4.78 is 0. The molecule has 106 valence electrons. The molecule has 21 heavy (non-hydrogen) atoms. The van der Waals surface area contributed by atoms with Crippen molar-refractivity contribution in [2.24, 2.45) is 0 Å². The summed E-state index contributed by atoms with van der Waals surface area (Å²) in [5.74, 6) is 0.214. The van der Waals surface area contributed by atoms with Crippen LogP contribution in [0.4, 0.5) is 0 Å². The Labute approximate surface area is 122 Å². The third-order valence-electron chi connectivity index (χ3n) is 3.53. The highest BCUT2D eigenvalue weighted by atomic mass is 16.3. The van der Waals surface area contributed by atoms with Crippen LogP contribution in [-0.4, -0.2) is 20.2 Å². The average molecular weight is 280 g/mol. The van der Waals surface area contributed by atoms with Gasteiger partial charge in [-0.05, 0) is 24.1 Å². The summed E-state index contributed by atoms with van der Waals surface area (Å²) in [4.78, 5) is 8.52. The van der Waals surface area contributed by atoms with Crippen molar-refractivity contribution in [1.29, 1.82) is 0 Å². The van der Waals surface area contributed by atoms with Crippen LogP contribution < -0.4 is 0 Å². The lowest BCUT2D eigenvalue weighted by Gasteiger charge is -2.13. The van der Waals surface area contributed by atoms with E-state index in [9.17, 15) is 10.2 Å². The van der Waals surface area contributed by atoms with Gasteiger partial charge in [0.25, 0.3) is 0 Å². The van der Waals surface area contributed by atoms with E-state index in [0.29, 0.717) is 16.8 Å². The Kier molecular flexibility index (Phi) is 3.22. The predicted octanol–water partition coefficient (Wildman–Crippen LogP) is 3.83. The number of aromatic hydroxyl groups is 2. The number of para-hydroxylation sites is 1. The van der Waals surface area contributed by atoms with Crippen LogP contribution in [-0.2, 0) is 0 Å².